The maximum absolute atomic E-state index is 11.7. The number of carboxylic acids is 1. The molecule has 34 heavy (non-hydrogen) atoms. The molecule has 0 bridgehead atoms. The largest absolute Gasteiger partial charge is 0.480 e. The summed E-state index contributed by atoms with van der Waals surface area (Å²) >= 11 is 0. The van der Waals surface area contributed by atoms with Crippen LogP contribution in [0.5, 0.6) is 0 Å². The Kier molecular flexibility index (Phi) is 6.49. The fraction of sp³-hybridized carbons (Fsp3) is 0.185. The third-order valence-electron chi connectivity index (χ3n) is 6.06. The molecule has 1 heterocycles. The lowest BCUT2D eigenvalue weighted by Crippen LogP contribution is -2.39. The Morgan fingerprint density at radius 1 is 0.971 bits per heavy atom. The summed E-state index contributed by atoms with van der Waals surface area (Å²) in [6.45, 7) is 0.394. The van der Waals surface area contributed by atoms with E-state index < -0.39 is 12.0 Å². The van der Waals surface area contributed by atoms with E-state index in [0.29, 0.717) is 6.61 Å². The minimum Gasteiger partial charge on any atom is -0.480 e. The zero-order valence-electron chi connectivity index (χ0n) is 18.5. The van der Waals surface area contributed by atoms with Crippen molar-refractivity contribution in [2.24, 2.45) is 0 Å². The molecule has 1 aromatic heterocycles. The second kappa shape index (κ2) is 10.0. The number of aliphatic carboxylic acids is 1. The Hall–Kier alpha value is -3.78. The first-order valence-corrected chi connectivity index (χ1v) is 11.2. The number of hydrogen-bond acceptors (Lipinski definition) is 5. The highest BCUT2D eigenvalue weighted by molar-refractivity contribution is 5.78. The highest BCUT2D eigenvalue weighted by Crippen LogP contribution is 2.44. The average Bonchev–Trinajstić information content (AvgIpc) is 3.51. The highest BCUT2D eigenvalue weighted by Gasteiger charge is 2.28. The number of carboxylic acid groups (broad SMARTS) is 1. The van der Waals surface area contributed by atoms with Gasteiger partial charge in [-0.15, -0.1) is 0 Å². The normalized spacial score (nSPS) is 13.4. The van der Waals surface area contributed by atoms with E-state index in [1.54, 1.807) is 10.9 Å². The Labute approximate surface area is 197 Å². The molecule has 0 fully saturated rings. The molecule has 5 rings (SSSR count). The van der Waals surface area contributed by atoms with Crippen LogP contribution in [-0.4, -0.2) is 40.3 Å². The number of benzene rings is 3. The zero-order valence-corrected chi connectivity index (χ0v) is 18.5. The topological polar surface area (TPSA) is 85.6 Å². The molecule has 7 heteroatoms. The zero-order chi connectivity index (χ0) is 23.3. The monoisotopic (exact) mass is 455 g/mol. The quantitative estimate of drug-likeness (QED) is 0.212. The summed E-state index contributed by atoms with van der Waals surface area (Å²) in [5, 5.41) is 13.8. The number of hydrogen-bond donors (Lipinski definition) is 2. The van der Waals surface area contributed by atoms with Gasteiger partial charge in [-0.25, -0.2) is 4.68 Å². The predicted molar refractivity (Wildman–Crippen MR) is 127 cm³/mol. The van der Waals surface area contributed by atoms with Crippen molar-refractivity contribution >= 4 is 5.97 Å². The Balaban J connectivity index is 1.13. The first kappa shape index (κ1) is 22.0. The molecule has 1 aliphatic rings. The first-order valence-electron chi connectivity index (χ1n) is 11.2. The van der Waals surface area contributed by atoms with E-state index in [2.05, 4.69) is 34.8 Å². The summed E-state index contributed by atoms with van der Waals surface area (Å²) < 4.78 is 7.53. The van der Waals surface area contributed by atoms with Crippen molar-refractivity contribution < 1.29 is 19.5 Å². The van der Waals surface area contributed by atoms with Crippen molar-refractivity contribution in [3.8, 4) is 16.8 Å². The second-order valence-electron chi connectivity index (χ2n) is 8.19. The molecule has 3 aromatic carbocycles. The third-order valence-corrected chi connectivity index (χ3v) is 6.06. The molecule has 1 aliphatic carbocycles. The first-order chi connectivity index (χ1) is 16.7. The molecule has 1 atom stereocenters. The van der Waals surface area contributed by atoms with Crippen molar-refractivity contribution in [1.29, 1.82) is 0 Å². The van der Waals surface area contributed by atoms with E-state index in [-0.39, 0.29) is 19.1 Å². The molecule has 0 spiro atoms. The Bertz CT molecular complexity index is 1210. The van der Waals surface area contributed by atoms with Gasteiger partial charge in [0, 0.05) is 24.7 Å². The van der Waals surface area contributed by atoms with Crippen LogP contribution in [0.2, 0.25) is 0 Å². The van der Waals surface area contributed by atoms with Crippen LogP contribution < -0.4 is 5.48 Å². The van der Waals surface area contributed by atoms with Crippen LogP contribution in [0.4, 0.5) is 0 Å². The fourth-order valence-corrected chi connectivity index (χ4v) is 4.40. The van der Waals surface area contributed by atoms with Crippen molar-refractivity contribution in [2.45, 2.75) is 18.4 Å². The van der Waals surface area contributed by atoms with Crippen molar-refractivity contribution in [3.05, 3.63) is 108 Å². The van der Waals surface area contributed by atoms with Crippen LogP contribution in [0.15, 0.2) is 91.3 Å². The lowest BCUT2D eigenvalue weighted by atomic mass is 9.98. The van der Waals surface area contributed by atoms with Crippen LogP contribution in [0.3, 0.4) is 0 Å². The Morgan fingerprint density at radius 3 is 2.26 bits per heavy atom. The molecule has 7 nitrogen and oxygen atoms in total. The van der Waals surface area contributed by atoms with Crippen molar-refractivity contribution in [1.82, 2.24) is 15.3 Å². The molecule has 0 aliphatic heterocycles. The summed E-state index contributed by atoms with van der Waals surface area (Å²) in [6, 6.07) is 25.2. The van der Waals surface area contributed by atoms with E-state index in [4.69, 9.17) is 9.57 Å². The number of rotatable bonds is 10. The van der Waals surface area contributed by atoms with Crippen LogP contribution in [0, 0.1) is 0 Å². The van der Waals surface area contributed by atoms with Gasteiger partial charge < -0.3 is 9.84 Å². The van der Waals surface area contributed by atoms with Gasteiger partial charge in [-0.05, 0) is 46.0 Å². The molecule has 4 aromatic rings. The van der Waals surface area contributed by atoms with Crippen LogP contribution >= 0.6 is 0 Å². The van der Waals surface area contributed by atoms with Gasteiger partial charge in [0.1, 0.15) is 6.04 Å². The summed E-state index contributed by atoms with van der Waals surface area (Å²) in [6.07, 6.45) is 3.84. The molecule has 1 unspecified atom stereocenters. The number of fused-ring (bicyclic) bond motifs is 3. The summed E-state index contributed by atoms with van der Waals surface area (Å²) in [7, 11) is 0. The van der Waals surface area contributed by atoms with Crippen LogP contribution in [-0.2, 0) is 20.8 Å². The van der Waals surface area contributed by atoms with Gasteiger partial charge in [0.2, 0.25) is 0 Å². The molecular weight excluding hydrogens is 430 g/mol. The number of carbonyl (C=O) groups is 1. The van der Waals surface area contributed by atoms with Crippen LogP contribution in [0.25, 0.3) is 16.8 Å². The van der Waals surface area contributed by atoms with Gasteiger partial charge in [0.05, 0.1) is 12.3 Å². The minimum absolute atomic E-state index is 0.0527. The molecule has 0 amide bonds. The predicted octanol–water partition coefficient (Wildman–Crippen LogP) is 4.18. The number of hydroxylamine groups is 1. The third kappa shape index (κ3) is 4.63. The summed E-state index contributed by atoms with van der Waals surface area (Å²) in [4.78, 5) is 17.1. The standard InChI is InChI=1S/C27H25N3O4/c31-27(32)26(16-19-10-12-20(13-11-19)30-15-5-14-28-30)29-34-18-33-17-25-23-8-3-1-6-21(23)22-7-2-4-9-24(22)25/h1-15,25-26,29H,16-18H2,(H,31,32). The minimum atomic E-state index is -0.991. The maximum Gasteiger partial charge on any atom is 0.323 e. The van der Waals surface area contributed by atoms with Crippen molar-refractivity contribution in [3.63, 3.8) is 0 Å². The van der Waals surface area contributed by atoms with Gasteiger partial charge in [-0.1, -0.05) is 60.7 Å². The van der Waals surface area contributed by atoms with E-state index in [1.165, 1.54) is 22.3 Å². The van der Waals surface area contributed by atoms with Gasteiger partial charge in [0.15, 0.2) is 6.79 Å². The van der Waals surface area contributed by atoms with Gasteiger partial charge in [0.25, 0.3) is 0 Å². The smallest absolute Gasteiger partial charge is 0.323 e. The van der Waals surface area contributed by atoms with Gasteiger partial charge in [-0.2, -0.15) is 10.6 Å². The van der Waals surface area contributed by atoms with E-state index in [9.17, 15) is 9.90 Å². The summed E-state index contributed by atoms with van der Waals surface area (Å²) in [5.41, 5.74) is 9.35. The fourth-order valence-electron chi connectivity index (χ4n) is 4.40. The molecule has 2 N–H and O–H groups in total. The molecule has 0 saturated heterocycles. The maximum atomic E-state index is 11.7. The van der Waals surface area contributed by atoms with Crippen molar-refractivity contribution in [2.75, 3.05) is 13.4 Å². The number of nitrogens with one attached hydrogen (secondary N) is 1. The highest BCUT2D eigenvalue weighted by atomic mass is 16.8. The van der Waals surface area contributed by atoms with E-state index in [1.807, 2.05) is 60.8 Å². The molecule has 0 saturated carbocycles. The van der Waals surface area contributed by atoms with Gasteiger partial charge >= 0.3 is 5.97 Å². The molecular formula is C27H25N3O4. The lowest BCUT2D eigenvalue weighted by molar-refractivity contribution is -0.151. The van der Waals surface area contributed by atoms with Gasteiger partial charge in [-0.3, -0.25) is 9.63 Å². The number of aromatic nitrogens is 2. The second-order valence-corrected chi connectivity index (χ2v) is 8.19. The molecule has 0 radical (unpaired) electrons. The number of ether oxygens (including phenoxy) is 1. The Morgan fingerprint density at radius 2 is 1.65 bits per heavy atom. The SMILES string of the molecule is O=C(O)C(Cc1ccc(-n2cccn2)cc1)NOCOCC1c2ccccc2-c2ccccc21. The summed E-state index contributed by atoms with van der Waals surface area (Å²) in [5.74, 6) is -0.866. The van der Waals surface area contributed by atoms with E-state index in [0.717, 1.165) is 11.3 Å². The average molecular weight is 456 g/mol. The number of nitrogens with zero attached hydrogens (tertiary/aromatic N) is 2. The van der Waals surface area contributed by atoms with Crippen LogP contribution in [0.1, 0.15) is 22.6 Å². The van der Waals surface area contributed by atoms with E-state index >= 15 is 0 Å². The molecule has 172 valence electrons. The lowest BCUT2D eigenvalue weighted by Gasteiger charge is -2.17.